The predicted molar refractivity (Wildman–Crippen MR) is 95.5 cm³/mol. The van der Waals surface area contributed by atoms with Crippen LogP contribution in [0.15, 0.2) is 35.8 Å². The smallest absolute Gasteiger partial charge is 0.319 e. The maximum atomic E-state index is 12.0. The van der Waals surface area contributed by atoms with E-state index in [0.29, 0.717) is 17.5 Å². The highest BCUT2D eigenvalue weighted by molar-refractivity contribution is 7.13. The molecule has 0 bridgehead atoms. The maximum Gasteiger partial charge on any atom is 0.319 e. The summed E-state index contributed by atoms with van der Waals surface area (Å²) in [5.41, 5.74) is 0.736. The van der Waals surface area contributed by atoms with Crippen molar-refractivity contribution >= 4 is 39.8 Å². The molecule has 2 N–H and O–H groups in total. The van der Waals surface area contributed by atoms with Crippen LogP contribution in [0.4, 0.5) is 15.6 Å². The van der Waals surface area contributed by atoms with E-state index in [2.05, 4.69) is 20.5 Å². The van der Waals surface area contributed by atoms with Crippen LogP contribution in [0.2, 0.25) is 5.02 Å². The van der Waals surface area contributed by atoms with Gasteiger partial charge in [-0.05, 0) is 43.0 Å². The normalized spacial score (nSPS) is 17.8. The minimum Gasteiger partial charge on any atom is -0.348 e. The molecule has 3 rings (SSSR count). The fourth-order valence-corrected chi connectivity index (χ4v) is 3.53. The zero-order valence-electron chi connectivity index (χ0n) is 12.7. The summed E-state index contributed by atoms with van der Waals surface area (Å²) in [5, 5.41) is 9.49. The molecular weight excluding hydrogens is 332 g/mol. The zero-order valence-corrected chi connectivity index (χ0v) is 14.2. The molecule has 0 spiro atoms. The van der Waals surface area contributed by atoms with Gasteiger partial charge in [-0.2, -0.15) is 0 Å². The zero-order chi connectivity index (χ0) is 16.1. The van der Waals surface area contributed by atoms with E-state index in [-0.39, 0.29) is 6.03 Å². The SMILES string of the molecule is O=C(NCC1CCCN(c2nccs2)C1)Nc1ccc(Cl)cc1. The second-order valence-electron chi connectivity index (χ2n) is 5.61. The number of carbonyl (C=O) groups excluding carboxylic acids is 1. The Kier molecular flexibility index (Phi) is 5.35. The van der Waals surface area contributed by atoms with Crippen molar-refractivity contribution < 1.29 is 4.79 Å². The van der Waals surface area contributed by atoms with Crippen molar-refractivity contribution in [2.45, 2.75) is 12.8 Å². The first-order chi connectivity index (χ1) is 11.2. The highest BCUT2D eigenvalue weighted by atomic mass is 35.5. The Balaban J connectivity index is 1.46. The summed E-state index contributed by atoms with van der Waals surface area (Å²) in [6, 6.07) is 6.90. The number of halogens is 1. The number of thiazole rings is 1. The summed E-state index contributed by atoms with van der Waals surface area (Å²) in [6.45, 7) is 2.65. The third-order valence-electron chi connectivity index (χ3n) is 3.86. The van der Waals surface area contributed by atoms with Crippen molar-refractivity contribution in [3.05, 3.63) is 40.9 Å². The fraction of sp³-hybridized carbons (Fsp3) is 0.375. The van der Waals surface area contributed by atoms with E-state index in [4.69, 9.17) is 11.6 Å². The van der Waals surface area contributed by atoms with E-state index < -0.39 is 0 Å². The number of amides is 2. The van der Waals surface area contributed by atoms with E-state index in [1.165, 1.54) is 0 Å². The van der Waals surface area contributed by atoms with Gasteiger partial charge in [-0.25, -0.2) is 9.78 Å². The van der Waals surface area contributed by atoms with E-state index in [1.54, 1.807) is 35.6 Å². The van der Waals surface area contributed by atoms with Gasteiger partial charge < -0.3 is 15.5 Å². The lowest BCUT2D eigenvalue weighted by Crippen LogP contribution is -2.42. The highest BCUT2D eigenvalue weighted by Crippen LogP contribution is 2.24. The standard InChI is InChI=1S/C16H19ClN4OS/c17-13-3-5-14(6-4-13)20-15(22)19-10-12-2-1-8-21(11-12)16-18-7-9-23-16/h3-7,9,12H,1-2,8,10-11H2,(H2,19,20,22). The molecule has 2 heterocycles. The van der Waals surface area contributed by atoms with E-state index >= 15 is 0 Å². The minimum absolute atomic E-state index is 0.182. The molecule has 2 aromatic rings. The van der Waals surface area contributed by atoms with Gasteiger partial charge in [0, 0.05) is 41.9 Å². The Bertz CT molecular complexity index is 632. The summed E-state index contributed by atoms with van der Waals surface area (Å²) in [4.78, 5) is 18.6. The summed E-state index contributed by atoms with van der Waals surface area (Å²) in [6.07, 6.45) is 4.09. The van der Waals surface area contributed by atoms with Gasteiger partial charge >= 0.3 is 6.03 Å². The van der Waals surface area contributed by atoms with Gasteiger partial charge in [-0.3, -0.25) is 0 Å². The molecule has 7 heteroatoms. The molecule has 0 saturated carbocycles. The van der Waals surface area contributed by atoms with Gasteiger partial charge in [0.25, 0.3) is 0 Å². The number of carbonyl (C=O) groups is 1. The quantitative estimate of drug-likeness (QED) is 0.881. The number of hydrogen-bond donors (Lipinski definition) is 2. The molecule has 23 heavy (non-hydrogen) atoms. The first-order valence-corrected chi connectivity index (χ1v) is 8.91. The summed E-state index contributed by atoms with van der Waals surface area (Å²) in [7, 11) is 0. The van der Waals surface area contributed by atoms with E-state index in [9.17, 15) is 4.79 Å². The molecule has 1 aromatic heterocycles. The van der Waals surface area contributed by atoms with E-state index in [0.717, 1.165) is 36.8 Å². The van der Waals surface area contributed by atoms with Crippen LogP contribution in [0.1, 0.15) is 12.8 Å². The number of benzene rings is 1. The first-order valence-electron chi connectivity index (χ1n) is 7.65. The van der Waals surface area contributed by atoms with Crippen molar-refractivity contribution in [1.29, 1.82) is 0 Å². The molecular formula is C16H19ClN4OS. The number of piperidine rings is 1. The topological polar surface area (TPSA) is 57.3 Å². The second-order valence-corrected chi connectivity index (χ2v) is 6.92. The lowest BCUT2D eigenvalue weighted by molar-refractivity contribution is 0.249. The number of rotatable bonds is 4. The molecule has 5 nitrogen and oxygen atoms in total. The molecule has 2 amide bonds. The monoisotopic (exact) mass is 350 g/mol. The van der Waals surface area contributed by atoms with Crippen molar-refractivity contribution in [3.63, 3.8) is 0 Å². The van der Waals surface area contributed by atoms with Crippen LogP contribution < -0.4 is 15.5 Å². The first kappa shape index (κ1) is 16.1. The highest BCUT2D eigenvalue weighted by Gasteiger charge is 2.21. The van der Waals surface area contributed by atoms with Crippen LogP contribution in [-0.2, 0) is 0 Å². The number of hydrogen-bond acceptors (Lipinski definition) is 4. The fourth-order valence-electron chi connectivity index (χ4n) is 2.72. The number of nitrogens with one attached hydrogen (secondary N) is 2. The van der Waals surface area contributed by atoms with Crippen LogP contribution in [0, 0.1) is 5.92 Å². The number of aromatic nitrogens is 1. The van der Waals surface area contributed by atoms with Crippen LogP contribution in [-0.4, -0.2) is 30.6 Å². The average Bonchev–Trinajstić information content (AvgIpc) is 3.10. The van der Waals surface area contributed by atoms with Gasteiger partial charge in [0.2, 0.25) is 0 Å². The third-order valence-corrected chi connectivity index (χ3v) is 4.95. The van der Waals surface area contributed by atoms with Crippen molar-refractivity contribution in [2.24, 2.45) is 5.92 Å². The summed E-state index contributed by atoms with van der Waals surface area (Å²) >= 11 is 7.49. The molecule has 122 valence electrons. The lowest BCUT2D eigenvalue weighted by atomic mass is 9.98. The van der Waals surface area contributed by atoms with Gasteiger partial charge in [-0.15, -0.1) is 11.3 Å². The molecule has 0 aliphatic carbocycles. The third kappa shape index (κ3) is 4.59. The van der Waals surface area contributed by atoms with E-state index in [1.807, 2.05) is 11.6 Å². The summed E-state index contributed by atoms with van der Waals surface area (Å²) in [5.74, 6) is 0.448. The molecule has 1 atom stereocenters. The molecule has 1 aliphatic rings. The molecule has 1 aromatic carbocycles. The Morgan fingerprint density at radius 3 is 2.96 bits per heavy atom. The van der Waals surface area contributed by atoms with Crippen molar-refractivity contribution in [2.75, 3.05) is 29.9 Å². The van der Waals surface area contributed by atoms with Crippen LogP contribution in [0.25, 0.3) is 0 Å². The van der Waals surface area contributed by atoms with Crippen molar-refractivity contribution in [1.82, 2.24) is 10.3 Å². The number of nitrogens with zero attached hydrogens (tertiary/aromatic N) is 2. The second kappa shape index (κ2) is 7.66. The van der Waals surface area contributed by atoms with Crippen LogP contribution in [0.5, 0.6) is 0 Å². The van der Waals surface area contributed by atoms with Crippen LogP contribution >= 0.6 is 22.9 Å². The molecule has 1 fully saturated rings. The van der Waals surface area contributed by atoms with Crippen LogP contribution in [0.3, 0.4) is 0 Å². The maximum absolute atomic E-state index is 12.0. The number of anilines is 2. The molecule has 1 saturated heterocycles. The average molecular weight is 351 g/mol. The Morgan fingerprint density at radius 2 is 2.22 bits per heavy atom. The lowest BCUT2D eigenvalue weighted by Gasteiger charge is -2.32. The Labute approximate surface area is 144 Å². The number of urea groups is 1. The van der Waals surface area contributed by atoms with Gasteiger partial charge in [-0.1, -0.05) is 11.6 Å². The Hall–Kier alpha value is -1.79. The predicted octanol–water partition coefficient (Wildman–Crippen LogP) is 3.83. The minimum atomic E-state index is -0.182. The van der Waals surface area contributed by atoms with Gasteiger partial charge in [0.15, 0.2) is 5.13 Å². The van der Waals surface area contributed by atoms with Gasteiger partial charge in [0.1, 0.15) is 0 Å². The molecule has 1 unspecified atom stereocenters. The molecule has 0 radical (unpaired) electrons. The largest absolute Gasteiger partial charge is 0.348 e. The van der Waals surface area contributed by atoms with Gasteiger partial charge in [0.05, 0.1) is 0 Å². The molecule has 1 aliphatic heterocycles. The van der Waals surface area contributed by atoms with Crippen molar-refractivity contribution in [3.8, 4) is 0 Å². The Morgan fingerprint density at radius 1 is 1.39 bits per heavy atom. The summed E-state index contributed by atoms with van der Waals surface area (Å²) < 4.78 is 0.